The van der Waals surface area contributed by atoms with Gasteiger partial charge in [0.05, 0.1) is 12.6 Å². The molecule has 2 aromatic rings. The Morgan fingerprint density at radius 2 is 1.50 bits per heavy atom. The SMILES string of the molecule is CCN(CC)C(=O)CN(C)C(c1ccccc1)c1ccc(F)cc1. The van der Waals surface area contributed by atoms with E-state index in [1.165, 1.54) is 12.1 Å². The highest BCUT2D eigenvalue weighted by Crippen LogP contribution is 2.27. The van der Waals surface area contributed by atoms with Gasteiger partial charge in [0.15, 0.2) is 0 Å². The summed E-state index contributed by atoms with van der Waals surface area (Å²) >= 11 is 0. The van der Waals surface area contributed by atoms with Crippen LogP contribution in [0.2, 0.25) is 0 Å². The third-order valence-electron chi connectivity index (χ3n) is 4.24. The molecule has 1 atom stereocenters. The number of nitrogens with zero attached hydrogens (tertiary/aromatic N) is 2. The first-order valence-corrected chi connectivity index (χ1v) is 8.35. The lowest BCUT2D eigenvalue weighted by molar-refractivity contribution is -0.132. The lowest BCUT2D eigenvalue weighted by atomic mass is 9.97. The molecule has 0 aliphatic carbocycles. The van der Waals surface area contributed by atoms with E-state index in [0.717, 1.165) is 11.1 Å². The summed E-state index contributed by atoms with van der Waals surface area (Å²) < 4.78 is 13.3. The van der Waals surface area contributed by atoms with Crippen LogP contribution in [0.25, 0.3) is 0 Å². The van der Waals surface area contributed by atoms with Crippen LogP contribution in [0.5, 0.6) is 0 Å². The normalized spacial score (nSPS) is 12.2. The van der Waals surface area contributed by atoms with Crippen molar-refractivity contribution in [3.63, 3.8) is 0 Å². The second-order valence-electron chi connectivity index (χ2n) is 5.85. The van der Waals surface area contributed by atoms with Gasteiger partial charge < -0.3 is 4.90 Å². The highest BCUT2D eigenvalue weighted by Gasteiger charge is 2.22. The van der Waals surface area contributed by atoms with Gasteiger partial charge in [-0.25, -0.2) is 4.39 Å². The Bertz CT molecular complexity index is 638. The Morgan fingerprint density at radius 1 is 0.958 bits per heavy atom. The standard InChI is InChI=1S/C20H25FN2O/c1-4-23(5-2)19(24)15-22(3)20(16-9-7-6-8-10-16)17-11-13-18(21)14-12-17/h6-14,20H,4-5,15H2,1-3H3. The average Bonchev–Trinajstić information content (AvgIpc) is 2.59. The molecule has 0 saturated carbocycles. The first kappa shape index (κ1) is 18.1. The minimum absolute atomic E-state index is 0.0914. The summed E-state index contributed by atoms with van der Waals surface area (Å²) in [5, 5.41) is 0. The van der Waals surface area contributed by atoms with Crippen molar-refractivity contribution in [2.24, 2.45) is 0 Å². The monoisotopic (exact) mass is 328 g/mol. The molecule has 0 aliphatic rings. The summed E-state index contributed by atoms with van der Waals surface area (Å²) in [4.78, 5) is 16.3. The van der Waals surface area contributed by atoms with Gasteiger partial charge in [-0.3, -0.25) is 9.69 Å². The van der Waals surface area contributed by atoms with E-state index in [0.29, 0.717) is 19.6 Å². The first-order chi connectivity index (χ1) is 11.6. The van der Waals surface area contributed by atoms with Gasteiger partial charge >= 0.3 is 0 Å². The molecule has 0 bridgehead atoms. The smallest absolute Gasteiger partial charge is 0.236 e. The maximum absolute atomic E-state index is 13.3. The highest BCUT2D eigenvalue weighted by molar-refractivity contribution is 5.78. The van der Waals surface area contributed by atoms with Crippen LogP contribution < -0.4 is 0 Å². The van der Waals surface area contributed by atoms with Crippen LogP contribution in [0, 0.1) is 5.82 Å². The van der Waals surface area contributed by atoms with Crippen LogP contribution in [0.3, 0.4) is 0 Å². The van der Waals surface area contributed by atoms with E-state index < -0.39 is 0 Å². The maximum atomic E-state index is 13.3. The molecule has 0 N–H and O–H groups in total. The van der Waals surface area contributed by atoms with Crippen molar-refractivity contribution in [1.29, 1.82) is 0 Å². The second kappa shape index (κ2) is 8.60. The number of amides is 1. The topological polar surface area (TPSA) is 23.6 Å². The van der Waals surface area contributed by atoms with E-state index in [2.05, 4.69) is 0 Å². The molecule has 2 rings (SSSR count). The summed E-state index contributed by atoms with van der Waals surface area (Å²) in [7, 11) is 1.93. The lowest BCUT2D eigenvalue weighted by Gasteiger charge is -2.30. The molecule has 2 aromatic carbocycles. The average molecular weight is 328 g/mol. The highest BCUT2D eigenvalue weighted by atomic mass is 19.1. The summed E-state index contributed by atoms with van der Waals surface area (Å²) in [6.45, 7) is 5.69. The van der Waals surface area contributed by atoms with E-state index >= 15 is 0 Å². The zero-order chi connectivity index (χ0) is 17.5. The van der Waals surface area contributed by atoms with Crippen molar-refractivity contribution in [3.05, 3.63) is 71.5 Å². The van der Waals surface area contributed by atoms with Gasteiger partial charge in [-0.15, -0.1) is 0 Å². The number of rotatable bonds is 7. The van der Waals surface area contributed by atoms with E-state index in [1.54, 1.807) is 12.1 Å². The summed E-state index contributed by atoms with van der Waals surface area (Å²) in [5.41, 5.74) is 2.05. The van der Waals surface area contributed by atoms with Gasteiger partial charge in [-0.1, -0.05) is 42.5 Å². The predicted octanol–water partition coefficient (Wildman–Crippen LogP) is 3.72. The molecule has 24 heavy (non-hydrogen) atoms. The van der Waals surface area contributed by atoms with Crippen LogP contribution in [0.4, 0.5) is 4.39 Å². The molecule has 0 saturated heterocycles. The molecule has 0 fully saturated rings. The number of halogens is 1. The Kier molecular flexibility index (Phi) is 6.50. The molecule has 1 amide bonds. The van der Waals surface area contributed by atoms with E-state index in [-0.39, 0.29) is 17.8 Å². The Hall–Kier alpha value is -2.20. The van der Waals surface area contributed by atoms with Crippen LogP contribution in [-0.2, 0) is 4.79 Å². The van der Waals surface area contributed by atoms with Crippen molar-refractivity contribution in [2.75, 3.05) is 26.7 Å². The fourth-order valence-electron chi connectivity index (χ4n) is 2.96. The van der Waals surface area contributed by atoms with Crippen molar-refractivity contribution >= 4 is 5.91 Å². The summed E-state index contributed by atoms with van der Waals surface area (Å²) in [5.74, 6) is -0.155. The largest absolute Gasteiger partial charge is 0.342 e. The Labute approximate surface area is 143 Å². The molecule has 0 radical (unpaired) electrons. The van der Waals surface area contributed by atoms with Gasteiger partial charge in [0.2, 0.25) is 5.91 Å². The van der Waals surface area contributed by atoms with E-state index in [9.17, 15) is 9.18 Å². The fraction of sp³-hybridized carbons (Fsp3) is 0.350. The third kappa shape index (κ3) is 4.42. The second-order valence-corrected chi connectivity index (χ2v) is 5.85. The summed E-state index contributed by atoms with van der Waals surface area (Å²) in [6, 6.07) is 16.4. The Balaban J connectivity index is 2.29. The van der Waals surface area contributed by atoms with Crippen LogP contribution in [0.1, 0.15) is 31.0 Å². The van der Waals surface area contributed by atoms with Crippen molar-refractivity contribution < 1.29 is 9.18 Å². The van der Waals surface area contributed by atoms with E-state index in [1.807, 2.05) is 61.0 Å². The maximum Gasteiger partial charge on any atom is 0.236 e. The lowest BCUT2D eigenvalue weighted by Crippen LogP contribution is -2.40. The van der Waals surface area contributed by atoms with Gasteiger partial charge in [-0.2, -0.15) is 0 Å². The molecule has 128 valence electrons. The third-order valence-corrected chi connectivity index (χ3v) is 4.24. The van der Waals surface area contributed by atoms with Crippen molar-refractivity contribution in [1.82, 2.24) is 9.80 Å². The molecular formula is C20H25FN2O. The quantitative estimate of drug-likeness (QED) is 0.773. The molecule has 0 heterocycles. The number of carbonyl (C=O) groups is 1. The number of carbonyl (C=O) groups excluding carboxylic acids is 1. The molecule has 4 heteroatoms. The van der Waals surface area contributed by atoms with Gasteiger partial charge in [0.25, 0.3) is 0 Å². The van der Waals surface area contributed by atoms with Gasteiger partial charge in [0.1, 0.15) is 5.82 Å². The number of likely N-dealkylation sites (N-methyl/N-ethyl adjacent to an activating group) is 2. The fourth-order valence-corrected chi connectivity index (χ4v) is 2.96. The molecular weight excluding hydrogens is 303 g/mol. The van der Waals surface area contributed by atoms with Crippen LogP contribution in [-0.4, -0.2) is 42.4 Å². The number of hydrogen-bond donors (Lipinski definition) is 0. The zero-order valence-electron chi connectivity index (χ0n) is 14.6. The Morgan fingerprint density at radius 3 is 2.04 bits per heavy atom. The number of hydrogen-bond acceptors (Lipinski definition) is 2. The molecule has 1 unspecified atom stereocenters. The van der Waals surface area contributed by atoms with Crippen molar-refractivity contribution in [2.45, 2.75) is 19.9 Å². The molecule has 0 aliphatic heterocycles. The summed E-state index contributed by atoms with van der Waals surface area (Å²) in [6.07, 6.45) is 0. The molecule has 0 aromatic heterocycles. The zero-order valence-corrected chi connectivity index (χ0v) is 14.6. The van der Waals surface area contributed by atoms with E-state index in [4.69, 9.17) is 0 Å². The molecule has 0 spiro atoms. The first-order valence-electron chi connectivity index (χ1n) is 8.35. The molecule has 3 nitrogen and oxygen atoms in total. The van der Waals surface area contributed by atoms with Crippen LogP contribution >= 0.6 is 0 Å². The predicted molar refractivity (Wildman–Crippen MR) is 95.2 cm³/mol. The van der Waals surface area contributed by atoms with Gasteiger partial charge in [0, 0.05) is 13.1 Å². The van der Waals surface area contributed by atoms with Crippen molar-refractivity contribution in [3.8, 4) is 0 Å². The minimum atomic E-state index is -0.257. The van der Waals surface area contributed by atoms with Gasteiger partial charge in [-0.05, 0) is 44.2 Å². The van der Waals surface area contributed by atoms with Crippen LogP contribution in [0.15, 0.2) is 54.6 Å². The number of benzene rings is 2. The minimum Gasteiger partial charge on any atom is -0.342 e.